The Kier molecular flexibility index (Phi) is 2.24. The summed E-state index contributed by atoms with van der Waals surface area (Å²) in [7, 11) is 0. The molecule has 1 aromatic rings. The predicted molar refractivity (Wildman–Crippen MR) is 55.1 cm³/mol. The molecule has 0 bridgehead atoms. The number of rotatable bonds is 3. The molecule has 2 aliphatic rings. The van der Waals surface area contributed by atoms with E-state index in [1.165, 1.54) is 6.42 Å². The van der Waals surface area contributed by atoms with Crippen LogP contribution in [0.1, 0.15) is 47.8 Å². The molecule has 0 atom stereocenters. The molecule has 0 aromatic carbocycles. The van der Waals surface area contributed by atoms with Crippen LogP contribution in [0.5, 0.6) is 0 Å². The van der Waals surface area contributed by atoms with Crippen LogP contribution in [0.2, 0.25) is 0 Å². The summed E-state index contributed by atoms with van der Waals surface area (Å²) in [4.78, 5) is 10.9. The van der Waals surface area contributed by atoms with Gasteiger partial charge in [0.25, 0.3) is 0 Å². The predicted octanol–water partition coefficient (Wildman–Crippen LogP) is 2.20. The lowest BCUT2D eigenvalue weighted by Crippen LogP contribution is -2.12. The molecule has 1 fully saturated rings. The summed E-state index contributed by atoms with van der Waals surface area (Å²) in [6.07, 6.45) is 3.53. The third-order valence-corrected chi connectivity index (χ3v) is 3.51. The molecule has 0 unspecified atom stereocenters. The first-order valence-electron chi connectivity index (χ1n) is 5.68. The standard InChI is InChI=1S/C12H14O4/c13-11(14)4-8-9-5-15-6-10(9)16-12(8)7-2-1-3-7/h7H,1-6H2,(H,13,14). The maximum atomic E-state index is 10.9. The van der Waals surface area contributed by atoms with Crippen molar-refractivity contribution in [2.45, 2.75) is 44.8 Å². The molecule has 0 saturated heterocycles. The quantitative estimate of drug-likeness (QED) is 0.851. The average molecular weight is 222 g/mol. The Bertz CT molecular complexity index is 428. The maximum absolute atomic E-state index is 10.9. The smallest absolute Gasteiger partial charge is 0.307 e. The van der Waals surface area contributed by atoms with E-state index in [9.17, 15) is 4.79 Å². The van der Waals surface area contributed by atoms with Crippen molar-refractivity contribution in [1.29, 1.82) is 0 Å². The molecule has 4 nitrogen and oxygen atoms in total. The number of carboxylic acids is 1. The summed E-state index contributed by atoms with van der Waals surface area (Å²) >= 11 is 0. The number of hydrogen-bond acceptors (Lipinski definition) is 3. The van der Waals surface area contributed by atoms with E-state index in [0.717, 1.165) is 35.5 Å². The SMILES string of the molecule is O=C(O)Cc1c(C2CCC2)oc2c1COC2. The van der Waals surface area contributed by atoms with Crippen molar-refractivity contribution in [1.82, 2.24) is 0 Å². The molecule has 0 amide bonds. The van der Waals surface area contributed by atoms with Crippen LogP contribution in [0.25, 0.3) is 0 Å². The van der Waals surface area contributed by atoms with Gasteiger partial charge in [-0.15, -0.1) is 0 Å². The van der Waals surface area contributed by atoms with Crippen LogP contribution in [-0.2, 0) is 29.2 Å². The third-order valence-electron chi connectivity index (χ3n) is 3.51. The summed E-state index contributed by atoms with van der Waals surface area (Å²) in [5.41, 5.74) is 1.87. The van der Waals surface area contributed by atoms with Gasteiger partial charge in [-0.3, -0.25) is 4.79 Å². The van der Waals surface area contributed by atoms with Gasteiger partial charge >= 0.3 is 5.97 Å². The second-order valence-corrected chi connectivity index (χ2v) is 4.54. The maximum Gasteiger partial charge on any atom is 0.307 e. The Morgan fingerprint density at radius 3 is 2.81 bits per heavy atom. The highest BCUT2D eigenvalue weighted by atomic mass is 16.5. The van der Waals surface area contributed by atoms with Crippen molar-refractivity contribution in [2.75, 3.05) is 0 Å². The number of carbonyl (C=O) groups is 1. The summed E-state index contributed by atoms with van der Waals surface area (Å²) in [5.74, 6) is 1.41. The first-order valence-corrected chi connectivity index (χ1v) is 5.68. The van der Waals surface area contributed by atoms with E-state index in [4.69, 9.17) is 14.3 Å². The van der Waals surface area contributed by atoms with Crippen LogP contribution < -0.4 is 0 Å². The van der Waals surface area contributed by atoms with Gasteiger partial charge in [-0.1, -0.05) is 6.42 Å². The summed E-state index contributed by atoms with van der Waals surface area (Å²) in [6.45, 7) is 1.00. The fourth-order valence-corrected chi connectivity index (χ4v) is 2.45. The van der Waals surface area contributed by atoms with E-state index in [1.807, 2.05) is 0 Å². The lowest BCUT2D eigenvalue weighted by atomic mass is 9.81. The Morgan fingerprint density at radius 1 is 1.38 bits per heavy atom. The lowest BCUT2D eigenvalue weighted by Gasteiger charge is -2.24. The minimum Gasteiger partial charge on any atom is -0.481 e. The van der Waals surface area contributed by atoms with E-state index >= 15 is 0 Å². The fourth-order valence-electron chi connectivity index (χ4n) is 2.45. The van der Waals surface area contributed by atoms with E-state index in [-0.39, 0.29) is 6.42 Å². The van der Waals surface area contributed by atoms with Crippen LogP contribution >= 0.6 is 0 Å². The lowest BCUT2D eigenvalue weighted by molar-refractivity contribution is -0.136. The zero-order chi connectivity index (χ0) is 11.1. The van der Waals surface area contributed by atoms with Gasteiger partial charge in [-0.05, 0) is 12.8 Å². The number of fused-ring (bicyclic) bond motifs is 1. The molecule has 0 radical (unpaired) electrons. The van der Waals surface area contributed by atoms with Crippen LogP contribution in [0.15, 0.2) is 4.42 Å². The second kappa shape index (κ2) is 3.63. The van der Waals surface area contributed by atoms with Crippen molar-refractivity contribution in [3.63, 3.8) is 0 Å². The largest absolute Gasteiger partial charge is 0.481 e. The highest BCUT2D eigenvalue weighted by Gasteiger charge is 2.32. The summed E-state index contributed by atoms with van der Waals surface area (Å²) in [5, 5.41) is 8.93. The van der Waals surface area contributed by atoms with Crippen molar-refractivity contribution >= 4 is 5.97 Å². The van der Waals surface area contributed by atoms with Crippen LogP contribution in [0.4, 0.5) is 0 Å². The van der Waals surface area contributed by atoms with Crippen LogP contribution in [0, 0.1) is 0 Å². The average Bonchev–Trinajstić information content (AvgIpc) is 2.66. The summed E-state index contributed by atoms with van der Waals surface area (Å²) in [6, 6.07) is 0. The molecule has 86 valence electrons. The van der Waals surface area contributed by atoms with E-state index in [0.29, 0.717) is 19.1 Å². The molecular weight excluding hydrogens is 208 g/mol. The second-order valence-electron chi connectivity index (χ2n) is 4.54. The first-order chi connectivity index (χ1) is 7.75. The van der Waals surface area contributed by atoms with Gasteiger partial charge in [0, 0.05) is 17.0 Å². The molecular formula is C12H14O4. The molecule has 4 heteroatoms. The zero-order valence-electron chi connectivity index (χ0n) is 8.99. The van der Waals surface area contributed by atoms with Crippen molar-refractivity contribution < 1.29 is 19.1 Å². The van der Waals surface area contributed by atoms with Crippen LogP contribution in [0.3, 0.4) is 0 Å². The van der Waals surface area contributed by atoms with Gasteiger partial charge in [-0.2, -0.15) is 0 Å². The normalized spacial score (nSPS) is 19.5. The monoisotopic (exact) mass is 222 g/mol. The highest BCUT2D eigenvalue weighted by Crippen LogP contribution is 2.42. The molecule has 1 N–H and O–H groups in total. The molecule has 1 aliphatic heterocycles. The molecule has 16 heavy (non-hydrogen) atoms. The van der Waals surface area contributed by atoms with Crippen molar-refractivity contribution in [2.24, 2.45) is 0 Å². The minimum atomic E-state index is -0.795. The Hall–Kier alpha value is -1.29. The topological polar surface area (TPSA) is 59.7 Å². The first kappa shape index (κ1) is 9.90. The zero-order valence-corrected chi connectivity index (χ0v) is 8.99. The van der Waals surface area contributed by atoms with E-state index in [1.54, 1.807) is 0 Å². The third kappa shape index (κ3) is 1.45. The van der Waals surface area contributed by atoms with Gasteiger partial charge in [0.15, 0.2) is 0 Å². The Morgan fingerprint density at radius 2 is 2.19 bits per heavy atom. The van der Waals surface area contributed by atoms with Gasteiger partial charge in [-0.25, -0.2) is 0 Å². The van der Waals surface area contributed by atoms with Gasteiger partial charge < -0.3 is 14.3 Å². The number of furan rings is 1. The highest BCUT2D eigenvalue weighted by molar-refractivity contribution is 5.71. The summed E-state index contributed by atoms with van der Waals surface area (Å²) < 4.78 is 11.1. The Labute approximate surface area is 93.2 Å². The molecule has 2 heterocycles. The molecule has 1 aliphatic carbocycles. The fraction of sp³-hybridized carbons (Fsp3) is 0.583. The molecule has 1 saturated carbocycles. The number of carboxylic acid groups (broad SMARTS) is 1. The number of aliphatic carboxylic acids is 1. The molecule has 3 rings (SSSR count). The molecule has 0 spiro atoms. The van der Waals surface area contributed by atoms with Crippen molar-refractivity contribution in [3.8, 4) is 0 Å². The Balaban J connectivity index is 1.99. The minimum absolute atomic E-state index is 0.0635. The molecule has 1 aromatic heterocycles. The van der Waals surface area contributed by atoms with Crippen LogP contribution in [-0.4, -0.2) is 11.1 Å². The number of hydrogen-bond donors (Lipinski definition) is 1. The van der Waals surface area contributed by atoms with Crippen molar-refractivity contribution in [3.05, 3.63) is 22.6 Å². The van der Waals surface area contributed by atoms with E-state index < -0.39 is 5.97 Å². The van der Waals surface area contributed by atoms with Gasteiger partial charge in [0.1, 0.15) is 18.1 Å². The number of ether oxygens (including phenoxy) is 1. The van der Waals surface area contributed by atoms with Gasteiger partial charge in [0.05, 0.1) is 13.0 Å². The van der Waals surface area contributed by atoms with E-state index in [2.05, 4.69) is 0 Å². The van der Waals surface area contributed by atoms with Gasteiger partial charge in [0.2, 0.25) is 0 Å².